The lowest BCUT2D eigenvalue weighted by molar-refractivity contribution is 0.788. The predicted molar refractivity (Wildman–Crippen MR) is 75.5 cm³/mol. The minimum atomic E-state index is 0.125. The number of pyridine rings is 1. The number of nitrogens with zero attached hydrogens (tertiary/aromatic N) is 1. The van der Waals surface area contributed by atoms with Crippen molar-refractivity contribution in [3.05, 3.63) is 59.9 Å². The zero-order chi connectivity index (χ0) is 12.8. The number of rotatable bonds is 5. The van der Waals surface area contributed by atoms with Gasteiger partial charge in [0, 0.05) is 24.6 Å². The molecule has 2 rings (SSSR count). The molecular weight excluding hydrogens is 222 g/mol. The van der Waals surface area contributed by atoms with Gasteiger partial charge in [-0.05, 0) is 41.8 Å². The molecule has 18 heavy (non-hydrogen) atoms. The van der Waals surface area contributed by atoms with Crippen LogP contribution in [0.25, 0.3) is 0 Å². The summed E-state index contributed by atoms with van der Waals surface area (Å²) in [5.41, 5.74) is 9.42. The highest BCUT2D eigenvalue weighted by atomic mass is 14.9. The van der Waals surface area contributed by atoms with Crippen LogP contribution in [0.4, 0.5) is 5.69 Å². The molecule has 3 heteroatoms. The van der Waals surface area contributed by atoms with Gasteiger partial charge < -0.3 is 11.1 Å². The van der Waals surface area contributed by atoms with E-state index in [2.05, 4.69) is 41.5 Å². The molecule has 1 heterocycles. The van der Waals surface area contributed by atoms with Crippen molar-refractivity contribution in [2.24, 2.45) is 5.73 Å². The summed E-state index contributed by atoms with van der Waals surface area (Å²) in [6, 6.07) is 12.6. The maximum Gasteiger partial charge on any atom is 0.0637 e. The quantitative estimate of drug-likeness (QED) is 0.846. The number of hydrogen-bond acceptors (Lipinski definition) is 3. The molecule has 1 unspecified atom stereocenters. The van der Waals surface area contributed by atoms with Crippen LogP contribution in [0.2, 0.25) is 0 Å². The van der Waals surface area contributed by atoms with Gasteiger partial charge in [0.05, 0.1) is 6.04 Å². The molecule has 1 atom stereocenters. The molecule has 0 bridgehead atoms. The standard InChI is InChI=1S/C15H19N3/c1-2-12-3-5-14(6-4-12)18-15(11-16)13-7-9-17-10-8-13/h3-10,15,18H,2,11,16H2,1H3. The van der Waals surface area contributed by atoms with Crippen LogP contribution in [0.3, 0.4) is 0 Å². The van der Waals surface area contributed by atoms with Crippen molar-refractivity contribution in [1.29, 1.82) is 0 Å². The molecular formula is C15H19N3. The summed E-state index contributed by atoms with van der Waals surface area (Å²) in [6.45, 7) is 2.71. The first-order valence-corrected chi connectivity index (χ1v) is 6.29. The van der Waals surface area contributed by atoms with E-state index in [1.165, 1.54) is 5.56 Å². The van der Waals surface area contributed by atoms with E-state index in [1.54, 1.807) is 12.4 Å². The molecule has 0 spiro atoms. The number of benzene rings is 1. The van der Waals surface area contributed by atoms with E-state index in [9.17, 15) is 0 Å². The summed E-state index contributed by atoms with van der Waals surface area (Å²) >= 11 is 0. The fraction of sp³-hybridized carbons (Fsp3) is 0.267. The number of aryl methyl sites for hydroxylation is 1. The Balaban J connectivity index is 2.10. The third-order valence-corrected chi connectivity index (χ3v) is 3.05. The van der Waals surface area contributed by atoms with E-state index in [0.29, 0.717) is 6.54 Å². The molecule has 0 aliphatic rings. The van der Waals surface area contributed by atoms with Gasteiger partial charge in [0.2, 0.25) is 0 Å². The highest BCUT2D eigenvalue weighted by Gasteiger charge is 2.08. The summed E-state index contributed by atoms with van der Waals surface area (Å²) < 4.78 is 0. The topological polar surface area (TPSA) is 50.9 Å². The van der Waals surface area contributed by atoms with Gasteiger partial charge in [-0.15, -0.1) is 0 Å². The average Bonchev–Trinajstić information content (AvgIpc) is 2.46. The molecule has 94 valence electrons. The minimum Gasteiger partial charge on any atom is -0.377 e. The second-order valence-corrected chi connectivity index (χ2v) is 4.26. The molecule has 0 fully saturated rings. The van der Waals surface area contributed by atoms with Gasteiger partial charge in [0.25, 0.3) is 0 Å². The first kappa shape index (κ1) is 12.6. The van der Waals surface area contributed by atoms with Crippen molar-refractivity contribution in [2.75, 3.05) is 11.9 Å². The van der Waals surface area contributed by atoms with Crippen LogP contribution in [0.1, 0.15) is 24.1 Å². The molecule has 0 saturated carbocycles. The van der Waals surface area contributed by atoms with Crippen LogP contribution < -0.4 is 11.1 Å². The van der Waals surface area contributed by atoms with Gasteiger partial charge in [-0.2, -0.15) is 0 Å². The molecule has 0 saturated heterocycles. The van der Waals surface area contributed by atoms with Crippen LogP contribution in [-0.2, 0) is 6.42 Å². The van der Waals surface area contributed by atoms with E-state index < -0.39 is 0 Å². The summed E-state index contributed by atoms with van der Waals surface area (Å²) in [5.74, 6) is 0. The first-order chi connectivity index (χ1) is 8.83. The molecule has 0 amide bonds. The fourth-order valence-electron chi connectivity index (χ4n) is 1.91. The SMILES string of the molecule is CCc1ccc(NC(CN)c2ccncc2)cc1. The number of hydrogen-bond donors (Lipinski definition) is 2. The van der Waals surface area contributed by atoms with Gasteiger partial charge in [0.15, 0.2) is 0 Å². The van der Waals surface area contributed by atoms with Gasteiger partial charge in [-0.1, -0.05) is 19.1 Å². The lowest BCUT2D eigenvalue weighted by atomic mass is 10.1. The number of nitrogens with two attached hydrogens (primary N) is 1. The maximum atomic E-state index is 5.83. The van der Waals surface area contributed by atoms with Crippen molar-refractivity contribution < 1.29 is 0 Å². The monoisotopic (exact) mass is 241 g/mol. The van der Waals surface area contributed by atoms with Crippen molar-refractivity contribution in [2.45, 2.75) is 19.4 Å². The second kappa shape index (κ2) is 6.17. The Hall–Kier alpha value is -1.87. The molecule has 3 nitrogen and oxygen atoms in total. The predicted octanol–water partition coefficient (Wildman–Crippen LogP) is 2.76. The Morgan fingerprint density at radius 2 is 1.78 bits per heavy atom. The summed E-state index contributed by atoms with van der Waals surface area (Å²) in [4.78, 5) is 4.02. The van der Waals surface area contributed by atoms with Crippen molar-refractivity contribution in [1.82, 2.24) is 4.98 Å². The molecule has 2 aromatic rings. The molecule has 0 aliphatic carbocycles. The Morgan fingerprint density at radius 1 is 1.11 bits per heavy atom. The number of nitrogens with one attached hydrogen (secondary N) is 1. The normalized spacial score (nSPS) is 12.1. The lowest BCUT2D eigenvalue weighted by Crippen LogP contribution is -2.20. The minimum absolute atomic E-state index is 0.125. The first-order valence-electron chi connectivity index (χ1n) is 6.29. The highest BCUT2D eigenvalue weighted by molar-refractivity contribution is 5.46. The lowest BCUT2D eigenvalue weighted by Gasteiger charge is -2.18. The van der Waals surface area contributed by atoms with Gasteiger partial charge in [0.1, 0.15) is 0 Å². The molecule has 3 N–H and O–H groups in total. The van der Waals surface area contributed by atoms with E-state index >= 15 is 0 Å². The maximum absolute atomic E-state index is 5.83. The average molecular weight is 241 g/mol. The molecule has 0 aliphatic heterocycles. The van der Waals surface area contributed by atoms with Gasteiger partial charge >= 0.3 is 0 Å². The van der Waals surface area contributed by atoms with Crippen LogP contribution in [0.15, 0.2) is 48.8 Å². The smallest absolute Gasteiger partial charge is 0.0637 e. The van der Waals surface area contributed by atoms with Crippen molar-refractivity contribution in [3.8, 4) is 0 Å². The van der Waals surface area contributed by atoms with Crippen LogP contribution in [0, 0.1) is 0 Å². The molecule has 1 aromatic heterocycles. The second-order valence-electron chi connectivity index (χ2n) is 4.26. The number of anilines is 1. The third-order valence-electron chi connectivity index (χ3n) is 3.05. The highest BCUT2D eigenvalue weighted by Crippen LogP contribution is 2.18. The summed E-state index contributed by atoms with van der Waals surface area (Å²) in [5, 5.41) is 3.44. The zero-order valence-corrected chi connectivity index (χ0v) is 10.6. The number of aromatic nitrogens is 1. The van der Waals surface area contributed by atoms with Crippen LogP contribution in [0.5, 0.6) is 0 Å². The third kappa shape index (κ3) is 3.08. The summed E-state index contributed by atoms with van der Waals surface area (Å²) in [7, 11) is 0. The summed E-state index contributed by atoms with van der Waals surface area (Å²) in [6.07, 6.45) is 4.64. The van der Waals surface area contributed by atoms with E-state index in [0.717, 1.165) is 17.7 Å². The Morgan fingerprint density at radius 3 is 2.33 bits per heavy atom. The molecule has 1 aromatic carbocycles. The van der Waals surface area contributed by atoms with E-state index in [-0.39, 0.29) is 6.04 Å². The van der Waals surface area contributed by atoms with Gasteiger partial charge in [-0.3, -0.25) is 4.98 Å². The zero-order valence-electron chi connectivity index (χ0n) is 10.6. The largest absolute Gasteiger partial charge is 0.377 e. The Bertz CT molecular complexity index is 465. The van der Waals surface area contributed by atoms with Crippen molar-refractivity contribution in [3.63, 3.8) is 0 Å². The Kier molecular flexibility index (Phi) is 4.31. The van der Waals surface area contributed by atoms with E-state index in [1.807, 2.05) is 12.1 Å². The van der Waals surface area contributed by atoms with Gasteiger partial charge in [-0.25, -0.2) is 0 Å². The van der Waals surface area contributed by atoms with Crippen molar-refractivity contribution >= 4 is 5.69 Å². The fourth-order valence-corrected chi connectivity index (χ4v) is 1.91. The van der Waals surface area contributed by atoms with Crippen LogP contribution >= 0.6 is 0 Å². The van der Waals surface area contributed by atoms with E-state index in [4.69, 9.17) is 5.73 Å². The van der Waals surface area contributed by atoms with Crippen LogP contribution in [-0.4, -0.2) is 11.5 Å². The Labute approximate surface area is 108 Å². The molecule has 0 radical (unpaired) electrons.